The minimum absolute atomic E-state index is 0.0383. The van der Waals surface area contributed by atoms with Gasteiger partial charge in [0.05, 0.1) is 19.3 Å². The second-order valence-corrected chi connectivity index (χ2v) is 6.91. The van der Waals surface area contributed by atoms with Crippen LogP contribution in [0.4, 0.5) is 0 Å². The normalized spacial score (nSPS) is 27.8. The Bertz CT molecular complexity index is 527. The fourth-order valence-electron chi connectivity index (χ4n) is 3.95. The van der Waals surface area contributed by atoms with E-state index < -0.39 is 11.2 Å². The molecule has 1 aliphatic carbocycles. The van der Waals surface area contributed by atoms with Crippen molar-refractivity contribution >= 4 is 5.91 Å². The number of carbonyl (C=O) groups is 1. The molecule has 1 unspecified atom stereocenters. The first-order valence-electron chi connectivity index (χ1n) is 8.48. The summed E-state index contributed by atoms with van der Waals surface area (Å²) in [7, 11) is 1.63. The van der Waals surface area contributed by atoms with Crippen LogP contribution in [-0.4, -0.2) is 62.3 Å². The molecule has 1 saturated carbocycles. The topological polar surface area (TPSA) is 80.5 Å². The number of likely N-dealkylation sites (tertiary alicyclic amines) is 1. The molecule has 2 fully saturated rings. The molecule has 1 amide bonds. The molecule has 1 aliphatic heterocycles. The summed E-state index contributed by atoms with van der Waals surface area (Å²) in [5.41, 5.74) is -1.64. The molecular formula is C16H26N4O3. The summed E-state index contributed by atoms with van der Waals surface area (Å²) in [6.45, 7) is 1.37. The second kappa shape index (κ2) is 6.57. The molecular weight excluding hydrogens is 296 g/mol. The Balaban J connectivity index is 1.71. The van der Waals surface area contributed by atoms with Crippen molar-refractivity contribution in [3.63, 3.8) is 0 Å². The van der Waals surface area contributed by atoms with E-state index in [2.05, 4.69) is 10.3 Å². The lowest BCUT2D eigenvalue weighted by Gasteiger charge is -2.44. The monoisotopic (exact) mass is 322 g/mol. The van der Waals surface area contributed by atoms with Crippen LogP contribution < -0.4 is 0 Å². The van der Waals surface area contributed by atoms with Gasteiger partial charge >= 0.3 is 0 Å². The van der Waals surface area contributed by atoms with Gasteiger partial charge in [0.2, 0.25) is 0 Å². The van der Waals surface area contributed by atoms with Gasteiger partial charge < -0.3 is 14.7 Å². The summed E-state index contributed by atoms with van der Waals surface area (Å²) < 4.78 is 7.29. The average Bonchev–Trinajstić information content (AvgIpc) is 3.07. The minimum atomic E-state index is -0.953. The van der Waals surface area contributed by atoms with Crippen LogP contribution in [0.3, 0.4) is 0 Å². The molecule has 1 aromatic rings. The van der Waals surface area contributed by atoms with Gasteiger partial charge in [0, 0.05) is 19.9 Å². The Labute approximate surface area is 136 Å². The van der Waals surface area contributed by atoms with Crippen molar-refractivity contribution in [3.05, 3.63) is 12.4 Å². The first-order valence-corrected chi connectivity index (χ1v) is 8.48. The number of carbonyl (C=O) groups excluding carboxylic acids is 1. The lowest BCUT2D eigenvalue weighted by atomic mass is 9.82. The smallest absolute Gasteiger partial charge is 0.254 e. The van der Waals surface area contributed by atoms with Crippen LogP contribution in [0.15, 0.2) is 12.4 Å². The van der Waals surface area contributed by atoms with Gasteiger partial charge in [-0.2, -0.15) is 0 Å². The number of piperidine rings is 1. The SMILES string of the molecule is COC1(C(=O)N2CCCC(O)(Cn3ccnn3)C2)CCCCC1. The molecule has 1 N–H and O–H groups in total. The van der Waals surface area contributed by atoms with E-state index in [0.29, 0.717) is 26.1 Å². The fourth-order valence-corrected chi connectivity index (χ4v) is 3.95. The zero-order valence-electron chi connectivity index (χ0n) is 13.8. The largest absolute Gasteiger partial charge is 0.386 e. The van der Waals surface area contributed by atoms with Gasteiger partial charge in [-0.05, 0) is 25.7 Å². The van der Waals surface area contributed by atoms with Crippen LogP contribution in [0.25, 0.3) is 0 Å². The summed E-state index contributed by atoms with van der Waals surface area (Å²) in [6, 6.07) is 0. The molecule has 1 aromatic heterocycles. The van der Waals surface area contributed by atoms with Crippen molar-refractivity contribution in [2.45, 2.75) is 62.7 Å². The third kappa shape index (κ3) is 3.40. The molecule has 2 aliphatic rings. The molecule has 2 heterocycles. The number of hydrogen-bond donors (Lipinski definition) is 1. The van der Waals surface area contributed by atoms with Gasteiger partial charge in [0.1, 0.15) is 11.2 Å². The van der Waals surface area contributed by atoms with E-state index >= 15 is 0 Å². The average molecular weight is 322 g/mol. The molecule has 0 spiro atoms. The van der Waals surface area contributed by atoms with Crippen molar-refractivity contribution < 1.29 is 14.6 Å². The Morgan fingerprint density at radius 2 is 2.04 bits per heavy atom. The van der Waals surface area contributed by atoms with Crippen molar-refractivity contribution in [3.8, 4) is 0 Å². The maximum absolute atomic E-state index is 13.1. The minimum Gasteiger partial charge on any atom is -0.386 e. The number of ether oxygens (including phenoxy) is 1. The highest BCUT2D eigenvalue weighted by molar-refractivity contribution is 5.85. The van der Waals surface area contributed by atoms with Crippen molar-refractivity contribution in [1.82, 2.24) is 19.9 Å². The number of β-amino-alcohol motifs (C(OH)–C–C–N with tert-alkyl or cyclic N) is 1. The van der Waals surface area contributed by atoms with E-state index in [1.807, 2.05) is 0 Å². The Kier molecular flexibility index (Phi) is 4.68. The highest BCUT2D eigenvalue weighted by Crippen LogP contribution is 2.34. The number of aromatic nitrogens is 3. The molecule has 3 rings (SSSR count). The predicted molar refractivity (Wildman–Crippen MR) is 83.6 cm³/mol. The maximum Gasteiger partial charge on any atom is 0.254 e. The first-order chi connectivity index (χ1) is 11.1. The van der Waals surface area contributed by atoms with Crippen LogP contribution in [0.1, 0.15) is 44.9 Å². The molecule has 0 bridgehead atoms. The molecule has 7 nitrogen and oxygen atoms in total. The molecule has 7 heteroatoms. The van der Waals surface area contributed by atoms with Gasteiger partial charge in [0.25, 0.3) is 5.91 Å². The number of aliphatic hydroxyl groups is 1. The van der Waals surface area contributed by atoms with Crippen LogP contribution >= 0.6 is 0 Å². The van der Waals surface area contributed by atoms with Crippen LogP contribution in [0.5, 0.6) is 0 Å². The lowest BCUT2D eigenvalue weighted by Crippen LogP contribution is -2.58. The van der Waals surface area contributed by atoms with Crippen LogP contribution in [0, 0.1) is 0 Å². The molecule has 23 heavy (non-hydrogen) atoms. The summed E-state index contributed by atoms with van der Waals surface area (Å²) in [5, 5.41) is 18.6. The molecule has 1 atom stereocenters. The molecule has 0 radical (unpaired) electrons. The Morgan fingerprint density at radius 3 is 2.70 bits per heavy atom. The molecule has 128 valence electrons. The zero-order chi connectivity index (χ0) is 16.3. The second-order valence-electron chi connectivity index (χ2n) is 6.91. The molecule has 0 aromatic carbocycles. The van der Waals surface area contributed by atoms with Crippen LogP contribution in [-0.2, 0) is 16.1 Å². The summed E-state index contributed by atoms with van der Waals surface area (Å²) >= 11 is 0. The first kappa shape index (κ1) is 16.4. The number of hydrogen-bond acceptors (Lipinski definition) is 5. The van der Waals surface area contributed by atoms with Gasteiger partial charge in [-0.1, -0.05) is 24.5 Å². The number of methoxy groups -OCH3 is 1. The summed E-state index contributed by atoms with van der Waals surface area (Å²) in [5.74, 6) is 0.0383. The van der Waals surface area contributed by atoms with Crippen molar-refractivity contribution in [2.24, 2.45) is 0 Å². The molecule has 1 saturated heterocycles. The van der Waals surface area contributed by atoms with E-state index in [1.165, 1.54) is 0 Å². The highest BCUT2D eigenvalue weighted by atomic mass is 16.5. The standard InChI is InChI=1S/C16H26N4O3/c1-23-16(7-3-2-4-8-16)14(21)19-10-5-6-15(22,12-19)13-20-11-9-17-18-20/h9,11,22H,2-8,10,12-13H2,1H3. The Morgan fingerprint density at radius 1 is 1.26 bits per heavy atom. The summed E-state index contributed by atoms with van der Waals surface area (Å²) in [6.07, 6.45) is 9.55. The third-order valence-electron chi connectivity index (χ3n) is 5.21. The van der Waals surface area contributed by atoms with Crippen molar-refractivity contribution in [2.75, 3.05) is 20.2 Å². The van der Waals surface area contributed by atoms with Gasteiger partial charge in [0.15, 0.2) is 0 Å². The Hall–Kier alpha value is -1.47. The van der Waals surface area contributed by atoms with Gasteiger partial charge in [-0.15, -0.1) is 5.10 Å². The predicted octanol–water partition coefficient (Wildman–Crippen LogP) is 0.981. The fraction of sp³-hybridized carbons (Fsp3) is 0.812. The lowest BCUT2D eigenvalue weighted by molar-refractivity contribution is -0.166. The summed E-state index contributed by atoms with van der Waals surface area (Å²) in [4.78, 5) is 14.8. The van der Waals surface area contributed by atoms with E-state index in [-0.39, 0.29) is 5.91 Å². The van der Waals surface area contributed by atoms with E-state index in [1.54, 1.807) is 29.1 Å². The van der Waals surface area contributed by atoms with Crippen LogP contribution in [0.2, 0.25) is 0 Å². The third-order valence-corrected chi connectivity index (χ3v) is 5.21. The number of amides is 1. The number of rotatable bonds is 4. The van der Waals surface area contributed by atoms with Gasteiger partial charge in [-0.25, -0.2) is 4.68 Å². The van der Waals surface area contributed by atoms with Crippen molar-refractivity contribution in [1.29, 1.82) is 0 Å². The quantitative estimate of drug-likeness (QED) is 0.894. The number of nitrogens with zero attached hydrogens (tertiary/aromatic N) is 4. The maximum atomic E-state index is 13.1. The van der Waals surface area contributed by atoms with E-state index in [0.717, 1.165) is 38.5 Å². The zero-order valence-corrected chi connectivity index (χ0v) is 13.8. The van der Waals surface area contributed by atoms with E-state index in [9.17, 15) is 9.90 Å². The highest BCUT2D eigenvalue weighted by Gasteiger charge is 2.45. The van der Waals surface area contributed by atoms with Gasteiger partial charge in [-0.3, -0.25) is 4.79 Å². The van der Waals surface area contributed by atoms with E-state index in [4.69, 9.17) is 4.74 Å².